The van der Waals surface area contributed by atoms with Gasteiger partial charge in [0, 0.05) is 18.8 Å². The molecule has 0 aromatic heterocycles. The third kappa shape index (κ3) is 1.94. The Labute approximate surface area is 78.8 Å². The van der Waals surface area contributed by atoms with Gasteiger partial charge in [-0.1, -0.05) is 0 Å². The second-order valence-corrected chi connectivity index (χ2v) is 3.37. The molecule has 2 heteroatoms. The van der Waals surface area contributed by atoms with Crippen LogP contribution in [0.3, 0.4) is 0 Å². The summed E-state index contributed by atoms with van der Waals surface area (Å²) in [7, 11) is 0. The summed E-state index contributed by atoms with van der Waals surface area (Å²) in [5, 5.41) is 9.13. The lowest BCUT2D eigenvalue weighted by atomic mass is 10.1. The quantitative estimate of drug-likeness (QED) is 0.709. The zero-order chi connectivity index (χ0) is 9.10. The number of anilines is 1. The molecule has 1 saturated heterocycles. The first kappa shape index (κ1) is 8.42. The number of piperidine rings is 1. The van der Waals surface area contributed by atoms with Gasteiger partial charge >= 0.3 is 0 Å². The average molecular weight is 176 g/mol. The van der Waals surface area contributed by atoms with Crippen molar-refractivity contribution in [3.8, 4) is 5.75 Å². The summed E-state index contributed by atoms with van der Waals surface area (Å²) in [6, 6.07) is 7.43. The number of nitrogens with zero attached hydrogens (tertiary/aromatic N) is 1. The number of phenolic OH excluding ortho intramolecular Hbond substituents is 1. The molecular weight excluding hydrogens is 162 g/mol. The highest BCUT2D eigenvalue weighted by atomic mass is 16.3. The predicted molar refractivity (Wildman–Crippen MR) is 53.9 cm³/mol. The standard InChI is InChI=1S/C11H14NO/c13-11-6-4-10(5-7-11)12-8-2-1-3-9-12/h1,4-7,13H,2-3,8-9H2. The zero-order valence-electron chi connectivity index (χ0n) is 7.61. The Balaban J connectivity index is 2.10. The molecule has 0 spiro atoms. The normalized spacial score (nSPS) is 17.4. The topological polar surface area (TPSA) is 23.5 Å². The fourth-order valence-electron chi connectivity index (χ4n) is 1.67. The van der Waals surface area contributed by atoms with E-state index in [1.165, 1.54) is 18.5 Å². The number of hydrogen-bond donors (Lipinski definition) is 1. The van der Waals surface area contributed by atoms with Gasteiger partial charge in [-0.3, -0.25) is 0 Å². The van der Waals surface area contributed by atoms with Crippen molar-refractivity contribution in [2.24, 2.45) is 0 Å². The molecule has 0 amide bonds. The molecule has 1 heterocycles. The van der Waals surface area contributed by atoms with E-state index in [2.05, 4.69) is 11.3 Å². The predicted octanol–water partition coefficient (Wildman–Crippen LogP) is 2.20. The minimum absolute atomic E-state index is 0.340. The Hall–Kier alpha value is -1.18. The number of phenols is 1. The summed E-state index contributed by atoms with van der Waals surface area (Å²) in [5.74, 6) is 0.340. The van der Waals surface area contributed by atoms with Gasteiger partial charge in [0.25, 0.3) is 0 Å². The van der Waals surface area contributed by atoms with Gasteiger partial charge in [-0.2, -0.15) is 0 Å². The fraction of sp³-hybridized carbons (Fsp3) is 0.364. The first-order chi connectivity index (χ1) is 6.36. The average Bonchev–Trinajstić information content (AvgIpc) is 2.20. The maximum Gasteiger partial charge on any atom is 0.115 e. The van der Waals surface area contributed by atoms with Crippen molar-refractivity contribution >= 4 is 5.69 Å². The summed E-state index contributed by atoms with van der Waals surface area (Å²) in [6.45, 7) is 2.20. The lowest BCUT2D eigenvalue weighted by molar-refractivity contribution is 0.475. The summed E-state index contributed by atoms with van der Waals surface area (Å²) >= 11 is 0. The van der Waals surface area contributed by atoms with Gasteiger partial charge in [0.15, 0.2) is 0 Å². The van der Waals surface area contributed by atoms with Crippen LogP contribution in [0.5, 0.6) is 5.75 Å². The van der Waals surface area contributed by atoms with E-state index >= 15 is 0 Å². The van der Waals surface area contributed by atoms with Crippen molar-refractivity contribution in [2.75, 3.05) is 18.0 Å². The van der Waals surface area contributed by atoms with Crippen LogP contribution in [0.15, 0.2) is 24.3 Å². The molecule has 69 valence electrons. The zero-order valence-corrected chi connectivity index (χ0v) is 7.61. The van der Waals surface area contributed by atoms with Crippen LogP contribution in [0, 0.1) is 6.42 Å². The van der Waals surface area contributed by atoms with E-state index in [-0.39, 0.29) is 0 Å². The molecule has 1 aromatic rings. The molecular formula is C11H14NO. The van der Waals surface area contributed by atoms with Crippen LogP contribution in [0.4, 0.5) is 5.69 Å². The Morgan fingerprint density at radius 2 is 1.62 bits per heavy atom. The lowest BCUT2D eigenvalue weighted by Gasteiger charge is -2.28. The second-order valence-electron chi connectivity index (χ2n) is 3.37. The largest absolute Gasteiger partial charge is 0.508 e. The minimum atomic E-state index is 0.340. The molecule has 2 rings (SSSR count). The van der Waals surface area contributed by atoms with Gasteiger partial charge in [-0.05, 0) is 43.5 Å². The van der Waals surface area contributed by atoms with Crippen molar-refractivity contribution in [3.63, 3.8) is 0 Å². The number of benzene rings is 1. The number of rotatable bonds is 1. The summed E-state index contributed by atoms with van der Waals surface area (Å²) in [6.07, 6.45) is 4.67. The van der Waals surface area contributed by atoms with E-state index in [9.17, 15) is 0 Å². The molecule has 2 nitrogen and oxygen atoms in total. The van der Waals surface area contributed by atoms with Crippen LogP contribution >= 0.6 is 0 Å². The van der Waals surface area contributed by atoms with E-state index in [0.29, 0.717) is 5.75 Å². The molecule has 1 radical (unpaired) electrons. The van der Waals surface area contributed by atoms with Crippen molar-refractivity contribution in [1.82, 2.24) is 0 Å². The molecule has 0 atom stereocenters. The van der Waals surface area contributed by atoms with Gasteiger partial charge < -0.3 is 10.0 Å². The van der Waals surface area contributed by atoms with Gasteiger partial charge in [-0.15, -0.1) is 0 Å². The monoisotopic (exact) mass is 176 g/mol. The Kier molecular flexibility index (Phi) is 2.39. The van der Waals surface area contributed by atoms with E-state index in [1.807, 2.05) is 12.1 Å². The first-order valence-corrected chi connectivity index (χ1v) is 4.72. The highest BCUT2D eigenvalue weighted by Gasteiger charge is 2.10. The molecule has 1 aliphatic rings. The van der Waals surface area contributed by atoms with Gasteiger partial charge in [-0.25, -0.2) is 0 Å². The lowest BCUT2D eigenvalue weighted by Crippen LogP contribution is -2.29. The van der Waals surface area contributed by atoms with Crippen LogP contribution in [0.2, 0.25) is 0 Å². The molecule has 0 saturated carbocycles. The molecule has 1 N–H and O–H groups in total. The van der Waals surface area contributed by atoms with Crippen LogP contribution < -0.4 is 4.90 Å². The van der Waals surface area contributed by atoms with Gasteiger partial charge in [0.2, 0.25) is 0 Å². The molecule has 1 fully saturated rings. The van der Waals surface area contributed by atoms with Crippen LogP contribution in [0.25, 0.3) is 0 Å². The Bertz CT molecular complexity index is 262. The smallest absolute Gasteiger partial charge is 0.115 e. The fourth-order valence-corrected chi connectivity index (χ4v) is 1.67. The highest BCUT2D eigenvalue weighted by molar-refractivity contribution is 5.49. The van der Waals surface area contributed by atoms with E-state index in [4.69, 9.17) is 5.11 Å². The molecule has 0 aliphatic carbocycles. The SMILES string of the molecule is Oc1ccc(N2CC[CH]CC2)cc1. The third-order valence-corrected chi connectivity index (χ3v) is 2.42. The first-order valence-electron chi connectivity index (χ1n) is 4.72. The van der Waals surface area contributed by atoms with E-state index in [0.717, 1.165) is 13.1 Å². The van der Waals surface area contributed by atoms with Crippen LogP contribution in [0.1, 0.15) is 12.8 Å². The molecule has 1 aromatic carbocycles. The maximum absolute atomic E-state index is 9.13. The van der Waals surface area contributed by atoms with Crippen LogP contribution in [-0.2, 0) is 0 Å². The minimum Gasteiger partial charge on any atom is -0.508 e. The maximum atomic E-state index is 9.13. The number of hydrogen-bond acceptors (Lipinski definition) is 2. The second kappa shape index (κ2) is 3.69. The Morgan fingerprint density at radius 1 is 1.00 bits per heavy atom. The van der Waals surface area contributed by atoms with E-state index in [1.54, 1.807) is 12.1 Å². The number of aromatic hydroxyl groups is 1. The van der Waals surface area contributed by atoms with Crippen molar-refractivity contribution in [3.05, 3.63) is 30.7 Å². The third-order valence-electron chi connectivity index (χ3n) is 2.42. The molecule has 13 heavy (non-hydrogen) atoms. The summed E-state index contributed by atoms with van der Waals surface area (Å²) < 4.78 is 0. The molecule has 0 bridgehead atoms. The van der Waals surface area contributed by atoms with E-state index < -0.39 is 0 Å². The van der Waals surface area contributed by atoms with Crippen molar-refractivity contribution in [2.45, 2.75) is 12.8 Å². The van der Waals surface area contributed by atoms with Gasteiger partial charge in [0.05, 0.1) is 0 Å². The summed E-state index contributed by atoms with van der Waals surface area (Å²) in [5.41, 5.74) is 1.21. The van der Waals surface area contributed by atoms with Crippen molar-refractivity contribution < 1.29 is 5.11 Å². The van der Waals surface area contributed by atoms with Crippen LogP contribution in [-0.4, -0.2) is 18.2 Å². The highest BCUT2D eigenvalue weighted by Crippen LogP contribution is 2.21. The Morgan fingerprint density at radius 3 is 2.23 bits per heavy atom. The van der Waals surface area contributed by atoms with Crippen molar-refractivity contribution in [1.29, 1.82) is 0 Å². The van der Waals surface area contributed by atoms with Gasteiger partial charge in [0.1, 0.15) is 5.75 Å². The summed E-state index contributed by atoms with van der Waals surface area (Å²) in [4.78, 5) is 2.35. The molecule has 1 aliphatic heterocycles. The molecule has 0 unspecified atom stereocenters.